The summed E-state index contributed by atoms with van der Waals surface area (Å²) in [6.07, 6.45) is 3.23. The molecule has 1 unspecified atom stereocenters. The zero-order valence-electron chi connectivity index (χ0n) is 19.0. The molecule has 2 heterocycles. The van der Waals surface area contributed by atoms with Crippen molar-refractivity contribution in [2.24, 2.45) is 0 Å². The molecule has 32 heavy (non-hydrogen) atoms. The lowest BCUT2D eigenvalue weighted by Crippen LogP contribution is -2.13. The number of para-hydroxylation sites is 1. The summed E-state index contributed by atoms with van der Waals surface area (Å²) in [6.45, 7) is 5.76. The van der Waals surface area contributed by atoms with Crippen molar-refractivity contribution in [3.8, 4) is 5.75 Å². The molecule has 0 spiro atoms. The number of aryl methyl sites for hydroxylation is 1. The molecule has 4 heteroatoms. The summed E-state index contributed by atoms with van der Waals surface area (Å²) in [5.41, 5.74) is 5.63. The summed E-state index contributed by atoms with van der Waals surface area (Å²) < 4.78 is 13.9. The lowest BCUT2D eigenvalue weighted by atomic mass is 9.92. The van der Waals surface area contributed by atoms with Crippen LogP contribution in [-0.4, -0.2) is 24.1 Å². The SMILES string of the molecule is CCn1c2ccccc2c2cc(C(=O)c3cc(C4CCCCO4)cc(OC)c3C)ccc21. The summed E-state index contributed by atoms with van der Waals surface area (Å²) in [4.78, 5) is 13.7. The number of hydrogen-bond acceptors (Lipinski definition) is 3. The molecule has 0 N–H and O–H groups in total. The Kier molecular flexibility index (Phi) is 5.48. The Morgan fingerprint density at radius 2 is 1.88 bits per heavy atom. The third-order valence-corrected chi connectivity index (χ3v) is 6.75. The van der Waals surface area contributed by atoms with Crippen LogP contribution in [-0.2, 0) is 11.3 Å². The highest BCUT2D eigenvalue weighted by molar-refractivity contribution is 6.15. The summed E-state index contributed by atoms with van der Waals surface area (Å²) in [6, 6.07) is 18.5. The van der Waals surface area contributed by atoms with Gasteiger partial charge >= 0.3 is 0 Å². The highest BCUT2D eigenvalue weighted by Crippen LogP contribution is 2.35. The second kappa shape index (κ2) is 8.44. The normalized spacial score (nSPS) is 16.5. The molecule has 0 radical (unpaired) electrons. The van der Waals surface area contributed by atoms with E-state index in [1.165, 1.54) is 10.9 Å². The minimum Gasteiger partial charge on any atom is -0.496 e. The third-order valence-electron chi connectivity index (χ3n) is 6.75. The number of methoxy groups -OCH3 is 1. The standard InChI is InChI=1S/C28H29NO3/c1-4-29-24-10-6-5-9-21(24)23-15-19(12-13-25(23)29)28(30)22-16-20(17-27(31-3)18(22)2)26-11-7-8-14-32-26/h5-6,9-10,12-13,15-17,26H,4,7-8,11,14H2,1-3H3. The Labute approximate surface area is 188 Å². The van der Waals surface area contributed by atoms with Crippen LogP contribution in [0.5, 0.6) is 5.75 Å². The van der Waals surface area contributed by atoms with Crippen molar-refractivity contribution in [3.05, 3.63) is 76.9 Å². The van der Waals surface area contributed by atoms with E-state index in [9.17, 15) is 4.79 Å². The third kappa shape index (κ3) is 3.39. The van der Waals surface area contributed by atoms with Crippen LogP contribution in [0.2, 0.25) is 0 Å². The molecule has 4 aromatic rings. The molecular formula is C28H29NO3. The number of ether oxygens (including phenoxy) is 2. The van der Waals surface area contributed by atoms with Crippen molar-refractivity contribution >= 4 is 27.6 Å². The molecule has 1 fully saturated rings. The van der Waals surface area contributed by atoms with Gasteiger partial charge in [0.05, 0.1) is 13.2 Å². The van der Waals surface area contributed by atoms with Crippen molar-refractivity contribution in [2.45, 2.75) is 45.8 Å². The maximum atomic E-state index is 13.7. The Balaban J connectivity index is 1.63. The molecule has 4 nitrogen and oxygen atoms in total. The number of hydrogen-bond donors (Lipinski definition) is 0. The first-order chi connectivity index (χ1) is 15.6. The molecule has 1 saturated heterocycles. The number of ketones is 1. The second-order valence-corrected chi connectivity index (χ2v) is 8.57. The predicted molar refractivity (Wildman–Crippen MR) is 129 cm³/mol. The van der Waals surface area contributed by atoms with Crippen LogP contribution < -0.4 is 4.74 Å². The van der Waals surface area contributed by atoms with Crippen molar-refractivity contribution < 1.29 is 14.3 Å². The van der Waals surface area contributed by atoms with Gasteiger partial charge in [-0.25, -0.2) is 0 Å². The quantitative estimate of drug-likeness (QED) is 0.337. The fraction of sp³-hybridized carbons (Fsp3) is 0.321. The molecule has 1 aliphatic rings. The summed E-state index contributed by atoms with van der Waals surface area (Å²) in [7, 11) is 1.66. The van der Waals surface area contributed by atoms with Crippen LogP contribution in [0.15, 0.2) is 54.6 Å². The molecule has 0 amide bonds. The lowest BCUT2D eigenvalue weighted by molar-refractivity contribution is 0.0148. The number of benzene rings is 3. The summed E-state index contributed by atoms with van der Waals surface area (Å²) in [5, 5.41) is 2.29. The van der Waals surface area contributed by atoms with E-state index in [1.807, 2.05) is 31.2 Å². The molecule has 1 aromatic heterocycles. The van der Waals surface area contributed by atoms with Crippen molar-refractivity contribution in [3.63, 3.8) is 0 Å². The highest BCUT2D eigenvalue weighted by atomic mass is 16.5. The first-order valence-electron chi connectivity index (χ1n) is 11.5. The van der Waals surface area contributed by atoms with Gasteiger partial charge in [-0.2, -0.15) is 0 Å². The van der Waals surface area contributed by atoms with Crippen molar-refractivity contribution in [1.82, 2.24) is 4.57 Å². The van der Waals surface area contributed by atoms with Crippen molar-refractivity contribution in [1.29, 1.82) is 0 Å². The van der Waals surface area contributed by atoms with Gasteiger partial charge in [0.15, 0.2) is 5.78 Å². The largest absolute Gasteiger partial charge is 0.496 e. The van der Waals surface area contributed by atoms with Gasteiger partial charge in [-0.1, -0.05) is 18.2 Å². The Hall–Kier alpha value is -3.11. The van der Waals surface area contributed by atoms with Gasteiger partial charge in [0.25, 0.3) is 0 Å². The Morgan fingerprint density at radius 3 is 2.62 bits per heavy atom. The minimum absolute atomic E-state index is 0.0219. The maximum Gasteiger partial charge on any atom is 0.193 e. The minimum atomic E-state index is 0.0219. The van der Waals surface area contributed by atoms with E-state index < -0.39 is 0 Å². The molecule has 0 bridgehead atoms. The van der Waals surface area contributed by atoms with E-state index in [0.29, 0.717) is 11.1 Å². The molecule has 5 rings (SSSR count). The number of aromatic nitrogens is 1. The van der Waals surface area contributed by atoms with Gasteiger partial charge in [0.2, 0.25) is 0 Å². The van der Waals surface area contributed by atoms with Gasteiger partial charge < -0.3 is 14.0 Å². The average Bonchev–Trinajstić information content (AvgIpc) is 3.17. The fourth-order valence-electron chi connectivity index (χ4n) is 5.04. The zero-order chi connectivity index (χ0) is 22.2. The van der Waals surface area contributed by atoms with E-state index in [2.05, 4.69) is 41.8 Å². The van der Waals surface area contributed by atoms with Gasteiger partial charge in [0.1, 0.15) is 5.75 Å². The average molecular weight is 428 g/mol. The monoisotopic (exact) mass is 427 g/mol. The van der Waals surface area contributed by atoms with Gasteiger partial charge in [-0.3, -0.25) is 4.79 Å². The highest BCUT2D eigenvalue weighted by Gasteiger charge is 2.23. The van der Waals surface area contributed by atoms with Crippen LogP contribution in [0.4, 0.5) is 0 Å². The van der Waals surface area contributed by atoms with Crippen LogP contribution in [0.1, 0.15) is 59.3 Å². The Morgan fingerprint density at radius 1 is 1.06 bits per heavy atom. The van der Waals surface area contributed by atoms with Gasteiger partial charge in [-0.15, -0.1) is 0 Å². The number of carbonyl (C=O) groups is 1. The fourth-order valence-corrected chi connectivity index (χ4v) is 5.04. The molecule has 1 aliphatic heterocycles. The van der Waals surface area contributed by atoms with Crippen molar-refractivity contribution in [2.75, 3.05) is 13.7 Å². The molecule has 1 atom stereocenters. The first kappa shape index (κ1) is 20.8. The molecule has 0 saturated carbocycles. The smallest absolute Gasteiger partial charge is 0.193 e. The summed E-state index contributed by atoms with van der Waals surface area (Å²) in [5.74, 6) is 0.761. The van der Waals surface area contributed by atoms with Crippen LogP contribution in [0.3, 0.4) is 0 Å². The number of carbonyl (C=O) groups excluding carboxylic acids is 1. The first-order valence-corrected chi connectivity index (χ1v) is 11.5. The molecule has 3 aromatic carbocycles. The molecule has 0 aliphatic carbocycles. The van der Waals surface area contributed by atoms with Crippen LogP contribution >= 0.6 is 0 Å². The zero-order valence-corrected chi connectivity index (χ0v) is 19.0. The van der Waals surface area contributed by atoms with Crippen LogP contribution in [0, 0.1) is 6.92 Å². The van der Waals surface area contributed by atoms with Gasteiger partial charge in [0, 0.05) is 51.6 Å². The maximum absolute atomic E-state index is 13.7. The number of fused-ring (bicyclic) bond motifs is 3. The molecular weight excluding hydrogens is 398 g/mol. The molecule has 164 valence electrons. The van der Waals surface area contributed by atoms with E-state index in [1.54, 1.807) is 7.11 Å². The topological polar surface area (TPSA) is 40.5 Å². The van der Waals surface area contributed by atoms with Gasteiger partial charge in [-0.05, 0) is 75.1 Å². The number of nitrogens with zero attached hydrogens (tertiary/aromatic N) is 1. The second-order valence-electron chi connectivity index (χ2n) is 8.57. The van der Waals surface area contributed by atoms with E-state index in [4.69, 9.17) is 9.47 Å². The van der Waals surface area contributed by atoms with E-state index >= 15 is 0 Å². The number of rotatable bonds is 5. The van der Waals surface area contributed by atoms with E-state index in [-0.39, 0.29) is 11.9 Å². The van der Waals surface area contributed by atoms with Crippen LogP contribution in [0.25, 0.3) is 21.8 Å². The summed E-state index contributed by atoms with van der Waals surface area (Å²) >= 11 is 0. The predicted octanol–water partition coefficient (Wildman–Crippen LogP) is 6.60. The van der Waals surface area contributed by atoms with E-state index in [0.717, 1.165) is 60.2 Å². The lowest BCUT2D eigenvalue weighted by Gasteiger charge is -2.24. The Bertz CT molecular complexity index is 1310.